The van der Waals surface area contributed by atoms with Gasteiger partial charge in [0.1, 0.15) is 5.75 Å². The van der Waals surface area contributed by atoms with E-state index in [1.165, 1.54) is 0 Å². The number of ether oxygens (including phenoxy) is 1. The Morgan fingerprint density at radius 1 is 1.03 bits per heavy atom. The van der Waals surface area contributed by atoms with Crippen LogP contribution in [0.15, 0.2) is 58.4 Å². The fourth-order valence-electron chi connectivity index (χ4n) is 3.50. The van der Waals surface area contributed by atoms with Gasteiger partial charge in [0.15, 0.2) is 5.96 Å². The first-order valence-corrected chi connectivity index (χ1v) is 11.6. The molecule has 2 aromatic carbocycles. The molecular formula is C22H30N4O3S. The SMILES string of the molecule is CN=C(NCc1cccc(S(=O)(=O)N2CCCCC2)c1)NCc1ccccc1OC. The number of methoxy groups -OCH3 is 1. The maximum absolute atomic E-state index is 12.9. The van der Waals surface area contributed by atoms with Gasteiger partial charge >= 0.3 is 0 Å². The number of guanidine groups is 1. The quantitative estimate of drug-likeness (QED) is 0.521. The topological polar surface area (TPSA) is 83.0 Å². The molecule has 1 aliphatic heterocycles. The molecule has 1 fully saturated rings. The first-order chi connectivity index (χ1) is 14.5. The van der Waals surface area contributed by atoms with Crippen LogP contribution in [0.1, 0.15) is 30.4 Å². The third-order valence-electron chi connectivity index (χ3n) is 5.17. The minimum Gasteiger partial charge on any atom is -0.496 e. The van der Waals surface area contributed by atoms with Crippen molar-refractivity contribution in [3.63, 3.8) is 0 Å². The predicted molar refractivity (Wildman–Crippen MR) is 119 cm³/mol. The third kappa shape index (κ3) is 5.52. The van der Waals surface area contributed by atoms with E-state index in [1.807, 2.05) is 30.3 Å². The maximum Gasteiger partial charge on any atom is 0.243 e. The van der Waals surface area contributed by atoms with Crippen LogP contribution < -0.4 is 15.4 Å². The lowest BCUT2D eigenvalue weighted by atomic mass is 10.2. The van der Waals surface area contributed by atoms with E-state index in [0.29, 0.717) is 37.0 Å². The van der Waals surface area contributed by atoms with Crippen molar-refractivity contribution in [2.45, 2.75) is 37.2 Å². The summed E-state index contributed by atoms with van der Waals surface area (Å²) in [5.41, 5.74) is 1.91. The Kier molecular flexibility index (Phi) is 7.70. The number of hydrogen-bond acceptors (Lipinski definition) is 4. The highest BCUT2D eigenvalue weighted by molar-refractivity contribution is 7.89. The molecule has 0 spiro atoms. The number of benzene rings is 2. The summed E-state index contributed by atoms with van der Waals surface area (Å²) in [6.45, 7) is 2.23. The van der Waals surface area contributed by atoms with E-state index in [2.05, 4.69) is 15.6 Å². The van der Waals surface area contributed by atoms with Gasteiger partial charge in [0.2, 0.25) is 10.0 Å². The summed E-state index contributed by atoms with van der Waals surface area (Å²) in [4.78, 5) is 4.59. The van der Waals surface area contributed by atoms with Crippen LogP contribution in [0.3, 0.4) is 0 Å². The molecule has 2 aromatic rings. The van der Waals surface area contributed by atoms with Gasteiger partial charge in [-0.05, 0) is 36.6 Å². The van der Waals surface area contributed by atoms with Crippen LogP contribution in [-0.4, -0.2) is 45.9 Å². The van der Waals surface area contributed by atoms with E-state index in [-0.39, 0.29) is 0 Å². The smallest absolute Gasteiger partial charge is 0.243 e. The molecule has 0 bridgehead atoms. The van der Waals surface area contributed by atoms with Crippen molar-refractivity contribution in [1.29, 1.82) is 0 Å². The lowest BCUT2D eigenvalue weighted by Crippen LogP contribution is -2.37. The summed E-state index contributed by atoms with van der Waals surface area (Å²) in [5, 5.41) is 6.50. The second-order valence-corrected chi connectivity index (χ2v) is 9.14. The molecule has 0 radical (unpaired) electrons. The van der Waals surface area contributed by atoms with E-state index in [0.717, 1.165) is 36.1 Å². The summed E-state index contributed by atoms with van der Waals surface area (Å²) in [6.07, 6.45) is 2.94. The van der Waals surface area contributed by atoms with Crippen LogP contribution in [0.25, 0.3) is 0 Å². The number of aliphatic imine (C=N–C) groups is 1. The highest BCUT2D eigenvalue weighted by atomic mass is 32.2. The molecule has 7 nitrogen and oxygen atoms in total. The molecule has 1 heterocycles. The van der Waals surface area contributed by atoms with E-state index >= 15 is 0 Å². The van der Waals surface area contributed by atoms with Crippen molar-refractivity contribution < 1.29 is 13.2 Å². The number of para-hydroxylation sites is 1. The maximum atomic E-state index is 12.9. The zero-order valence-electron chi connectivity index (χ0n) is 17.6. The summed E-state index contributed by atoms with van der Waals surface area (Å²) in [6, 6.07) is 14.9. The minimum atomic E-state index is -3.44. The highest BCUT2D eigenvalue weighted by Gasteiger charge is 2.25. The van der Waals surface area contributed by atoms with Crippen LogP contribution in [0.5, 0.6) is 5.75 Å². The minimum absolute atomic E-state index is 0.348. The summed E-state index contributed by atoms with van der Waals surface area (Å²) in [5.74, 6) is 1.45. The van der Waals surface area contributed by atoms with Crippen LogP contribution in [0.4, 0.5) is 0 Å². The Labute approximate surface area is 179 Å². The fraction of sp³-hybridized carbons (Fsp3) is 0.409. The second kappa shape index (κ2) is 10.4. The molecule has 0 aromatic heterocycles. The number of rotatable bonds is 7. The number of nitrogens with zero attached hydrogens (tertiary/aromatic N) is 2. The molecule has 0 amide bonds. The predicted octanol–water partition coefficient (Wildman–Crippen LogP) is 2.74. The van der Waals surface area contributed by atoms with Crippen LogP contribution in [0.2, 0.25) is 0 Å². The average Bonchev–Trinajstić information content (AvgIpc) is 2.80. The molecule has 3 rings (SSSR count). The van der Waals surface area contributed by atoms with Gasteiger partial charge in [-0.3, -0.25) is 4.99 Å². The van der Waals surface area contributed by atoms with Crippen molar-refractivity contribution in [2.75, 3.05) is 27.2 Å². The van der Waals surface area contributed by atoms with E-state index in [4.69, 9.17) is 4.74 Å². The fourth-order valence-corrected chi connectivity index (χ4v) is 5.09. The van der Waals surface area contributed by atoms with E-state index in [1.54, 1.807) is 36.7 Å². The van der Waals surface area contributed by atoms with E-state index < -0.39 is 10.0 Å². The van der Waals surface area contributed by atoms with Crippen molar-refractivity contribution in [3.05, 3.63) is 59.7 Å². The van der Waals surface area contributed by atoms with Gasteiger partial charge < -0.3 is 15.4 Å². The summed E-state index contributed by atoms with van der Waals surface area (Å²) in [7, 11) is -0.0840. The summed E-state index contributed by atoms with van der Waals surface area (Å²) < 4.78 is 32.8. The third-order valence-corrected chi connectivity index (χ3v) is 7.07. The Morgan fingerprint density at radius 3 is 2.50 bits per heavy atom. The molecule has 2 N–H and O–H groups in total. The first kappa shape index (κ1) is 22.1. The van der Waals surface area contributed by atoms with Gasteiger partial charge in [-0.2, -0.15) is 4.31 Å². The number of sulfonamides is 1. The summed E-state index contributed by atoms with van der Waals surface area (Å²) >= 11 is 0. The van der Waals surface area contributed by atoms with Crippen molar-refractivity contribution in [2.24, 2.45) is 4.99 Å². The number of piperidine rings is 1. The molecular weight excluding hydrogens is 400 g/mol. The lowest BCUT2D eigenvalue weighted by molar-refractivity contribution is 0.346. The standard InChI is InChI=1S/C22H30N4O3S/c1-23-22(25-17-19-10-4-5-12-21(19)29-2)24-16-18-9-8-11-20(15-18)30(27,28)26-13-6-3-7-14-26/h4-5,8-12,15H,3,6-7,13-14,16-17H2,1-2H3,(H2,23,24,25). The largest absolute Gasteiger partial charge is 0.496 e. The Bertz CT molecular complexity index is 970. The molecule has 0 unspecified atom stereocenters. The van der Waals surface area contributed by atoms with Crippen molar-refractivity contribution >= 4 is 16.0 Å². The zero-order valence-corrected chi connectivity index (χ0v) is 18.4. The molecule has 1 aliphatic rings. The van der Waals surface area contributed by atoms with Gasteiger partial charge in [-0.25, -0.2) is 8.42 Å². The van der Waals surface area contributed by atoms with E-state index in [9.17, 15) is 8.42 Å². The molecule has 30 heavy (non-hydrogen) atoms. The Balaban J connectivity index is 1.61. The van der Waals surface area contributed by atoms with Crippen LogP contribution in [0, 0.1) is 0 Å². The van der Waals surface area contributed by atoms with Gasteiger partial charge in [0.05, 0.1) is 12.0 Å². The van der Waals surface area contributed by atoms with Gasteiger partial charge in [0.25, 0.3) is 0 Å². The second-order valence-electron chi connectivity index (χ2n) is 7.20. The normalized spacial score (nSPS) is 15.6. The van der Waals surface area contributed by atoms with Crippen molar-refractivity contribution in [1.82, 2.24) is 14.9 Å². The van der Waals surface area contributed by atoms with Crippen LogP contribution in [-0.2, 0) is 23.1 Å². The Hall–Kier alpha value is -2.58. The Morgan fingerprint density at radius 2 is 1.77 bits per heavy atom. The van der Waals surface area contributed by atoms with Gasteiger partial charge in [0, 0.05) is 38.8 Å². The van der Waals surface area contributed by atoms with Crippen molar-refractivity contribution in [3.8, 4) is 5.75 Å². The monoisotopic (exact) mass is 430 g/mol. The number of nitrogens with one attached hydrogen (secondary N) is 2. The first-order valence-electron chi connectivity index (χ1n) is 10.2. The highest BCUT2D eigenvalue weighted by Crippen LogP contribution is 2.21. The molecule has 8 heteroatoms. The average molecular weight is 431 g/mol. The molecule has 162 valence electrons. The molecule has 1 saturated heterocycles. The van der Waals surface area contributed by atoms with Crippen LogP contribution >= 0.6 is 0 Å². The van der Waals surface area contributed by atoms with Gasteiger partial charge in [-0.1, -0.05) is 36.8 Å². The molecule has 0 saturated carbocycles. The van der Waals surface area contributed by atoms with Gasteiger partial charge in [-0.15, -0.1) is 0 Å². The molecule has 0 aliphatic carbocycles. The zero-order chi connectivity index (χ0) is 21.4. The molecule has 0 atom stereocenters. The number of hydrogen-bond donors (Lipinski definition) is 2. The lowest BCUT2D eigenvalue weighted by Gasteiger charge is -2.26.